The van der Waals surface area contributed by atoms with Crippen LogP contribution in [0, 0.1) is 20.8 Å². The Morgan fingerprint density at radius 2 is 1.03 bits per heavy atom. The van der Waals surface area contributed by atoms with Crippen LogP contribution in [0.4, 0.5) is 26.3 Å². The zero-order valence-electron chi connectivity index (χ0n) is 17.2. The molecule has 0 amide bonds. The van der Waals surface area contributed by atoms with E-state index in [9.17, 15) is 26.3 Å². The van der Waals surface area contributed by atoms with E-state index >= 15 is 0 Å². The largest absolute Gasteiger partial charge is 0.417 e. The predicted octanol–water partition coefficient (Wildman–Crippen LogP) is 9.35. The molecule has 3 aromatic carbocycles. The molecule has 0 spiro atoms. The fourth-order valence-electron chi connectivity index (χ4n) is 4.11. The Kier molecular flexibility index (Phi) is 6.87. The normalized spacial score (nSPS) is 12.5. The first-order chi connectivity index (χ1) is 14.7. The molecule has 0 saturated heterocycles. The average Bonchev–Trinajstić information content (AvgIpc) is 2.64. The lowest BCUT2D eigenvalue weighted by Crippen LogP contribution is -2.15. The van der Waals surface area contributed by atoms with Gasteiger partial charge in [0.25, 0.3) is 0 Å². The smallest absolute Gasteiger partial charge is 0.166 e. The summed E-state index contributed by atoms with van der Waals surface area (Å²) >= 11 is 6.20. The summed E-state index contributed by atoms with van der Waals surface area (Å²) in [5, 5.41) is 0. The van der Waals surface area contributed by atoms with E-state index in [1.54, 1.807) is 0 Å². The number of hydrogen-bond donors (Lipinski definition) is 0. The molecule has 0 aliphatic carbocycles. The number of hydrogen-bond acceptors (Lipinski definition) is 0. The van der Waals surface area contributed by atoms with E-state index in [1.807, 2.05) is 32.9 Å². The first kappa shape index (κ1) is 24.8. The second-order valence-corrected chi connectivity index (χ2v) is 9.24. The van der Waals surface area contributed by atoms with Crippen LogP contribution in [-0.4, -0.2) is 0 Å². The predicted molar refractivity (Wildman–Crippen MR) is 120 cm³/mol. The third kappa shape index (κ3) is 4.76. The number of benzene rings is 3. The molecule has 0 unspecified atom stereocenters. The average molecular weight is 580 g/mol. The molecular formula is C24H18Br2F6. The van der Waals surface area contributed by atoms with E-state index in [0.717, 1.165) is 28.8 Å². The van der Waals surface area contributed by atoms with Crippen molar-refractivity contribution in [3.05, 3.63) is 102 Å². The van der Waals surface area contributed by atoms with Crippen LogP contribution in [-0.2, 0) is 12.4 Å². The van der Waals surface area contributed by atoms with Crippen molar-refractivity contribution < 1.29 is 26.3 Å². The van der Waals surface area contributed by atoms with Crippen LogP contribution < -0.4 is 0 Å². The van der Waals surface area contributed by atoms with Gasteiger partial charge in [-0.05, 0) is 92.6 Å². The van der Waals surface area contributed by atoms with E-state index in [0.29, 0.717) is 5.56 Å². The van der Waals surface area contributed by atoms with Crippen molar-refractivity contribution in [2.75, 3.05) is 0 Å². The quantitative estimate of drug-likeness (QED) is 0.214. The standard InChI is InChI=1S/C24H18Br2F6/c1-12-10-13(2)19(14(3)11-12)20(15-6-4-8-17(21(15)25)23(27,28)29)16-7-5-9-18(22(16)26)24(30,31)32/h4-11,20H,1-3H3. The highest BCUT2D eigenvalue weighted by Gasteiger charge is 2.38. The molecular weight excluding hydrogens is 562 g/mol. The van der Waals surface area contributed by atoms with Gasteiger partial charge in [0, 0.05) is 14.9 Å². The second-order valence-electron chi connectivity index (χ2n) is 7.66. The molecule has 0 atom stereocenters. The molecule has 0 aliphatic rings. The van der Waals surface area contributed by atoms with Gasteiger partial charge in [-0.3, -0.25) is 0 Å². The molecule has 0 saturated carbocycles. The maximum absolute atomic E-state index is 13.6. The summed E-state index contributed by atoms with van der Waals surface area (Å²) in [5.41, 5.74) is 1.87. The highest BCUT2D eigenvalue weighted by molar-refractivity contribution is 9.11. The van der Waals surface area contributed by atoms with Gasteiger partial charge >= 0.3 is 12.4 Å². The summed E-state index contributed by atoms with van der Waals surface area (Å²) in [5.74, 6) is -0.871. The number of alkyl halides is 6. The number of aryl methyl sites for hydroxylation is 3. The van der Waals surface area contributed by atoms with Crippen molar-refractivity contribution >= 4 is 31.9 Å². The molecule has 0 nitrogen and oxygen atoms in total. The minimum absolute atomic E-state index is 0.193. The summed E-state index contributed by atoms with van der Waals surface area (Å²) in [7, 11) is 0. The van der Waals surface area contributed by atoms with E-state index in [1.165, 1.54) is 24.3 Å². The van der Waals surface area contributed by atoms with E-state index in [4.69, 9.17) is 0 Å². The van der Waals surface area contributed by atoms with E-state index in [2.05, 4.69) is 31.9 Å². The lowest BCUT2D eigenvalue weighted by Gasteiger charge is -2.27. The summed E-state index contributed by atoms with van der Waals surface area (Å²) in [6.07, 6.45) is -9.25. The van der Waals surface area contributed by atoms with Gasteiger partial charge in [0.1, 0.15) is 0 Å². The van der Waals surface area contributed by atoms with Crippen molar-refractivity contribution in [2.45, 2.75) is 39.0 Å². The van der Waals surface area contributed by atoms with Gasteiger partial charge in [-0.15, -0.1) is 0 Å². The first-order valence-electron chi connectivity index (χ1n) is 9.52. The minimum atomic E-state index is -4.62. The second kappa shape index (κ2) is 8.86. The third-order valence-corrected chi connectivity index (χ3v) is 7.09. The van der Waals surface area contributed by atoms with Crippen LogP contribution in [0.3, 0.4) is 0 Å². The van der Waals surface area contributed by atoms with Crippen molar-refractivity contribution in [3.8, 4) is 0 Å². The highest BCUT2D eigenvalue weighted by Crippen LogP contribution is 2.47. The van der Waals surface area contributed by atoms with Gasteiger partial charge in [-0.2, -0.15) is 26.3 Å². The fraction of sp³-hybridized carbons (Fsp3) is 0.250. The van der Waals surface area contributed by atoms with Crippen LogP contribution in [0.25, 0.3) is 0 Å². The molecule has 0 heterocycles. The Morgan fingerprint density at radius 3 is 1.38 bits per heavy atom. The molecule has 0 fully saturated rings. The van der Waals surface area contributed by atoms with Gasteiger partial charge in [0.15, 0.2) is 0 Å². The Bertz CT molecular complexity index is 1080. The van der Waals surface area contributed by atoms with Crippen molar-refractivity contribution in [1.29, 1.82) is 0 Å². The van der Waals surface area contributed by atoms with E-state index < -0.39 is 29.4 Å². The van der Waals surface area contributed by atoms with Gasteiger partial charge in [-0.1, -0.05) is 42.0 Å². The summed E-state index contributed by atoms with van der Waals surface area (Å²) < 4.78 is 81.3. The Hall–Kier alpha value is -1.80. The number of halogens is 8. The monoisotopic (exact) mass is 578 g/mol. The lowest BCUT2D eigenvalue weighted by molar-refractivity contribution is -0.139. The van der Waals surface area contributed by atoms with Crippen LogP contribution in [0.5, 0.6) is 0 Å². The molecule has 0 aliphatic heterocycles. The molecule has 0 radical (unpaired) electrons. The molecule has 0 N–H and O–H groups in total. The Morgan fingerprint density at radius 1 is 0.656 bits per heavy atom. The van der Waals surface area contributed by atoms with Gasteiger partial charge in [-0.25, -0.2) is 0 Å². The number of rotatable bonds is 3. The summed E-state index contributed by atoms with van der Waals surface area (Å²) in [4.78, 5) is 0. The zero-order chi connectivity index (χ0) is 24.0. The topological polar surface area (TPSA) is 0 Å². The first-order valence-corrected chi connectivity index (χ1v) is 11.1. The molecule has 3 aromatic rings. The van der Waals surface area contributed by atoms with Crippen LogP contribution in [0.15, 0.2) is 57.5 Å². The molecule has 3 rings (SSSR count). The Labute approximate surface area is 198 Å². The van der Waals surface area contributed by atoms with Crippen LogP contribution >= 0.6 is 31.9 Å². The highest BCUT2D eigenvalue weighted by atomic mass is 79.9. The molecule has 170 valence electrons. The maximum Gasteiger partial charge on any atom is 0.417 e. The minimum Gasteiger partial charge on any atom is -0.166 e. The lowest BCUT2D eigenvalue weighted by atomic mass is 9.79. The summed E-state index contributed by atoms with van der Waals surface area (Å²) in [6, 6.07) is 11.2. The third-order valence-electron chi connectivity index (χ3n) is 5.32. The SMILES string of the molecule is Cc1cc(C)c(C(c2cccc(C(F)(F)F)c2Br)c2cccc(C(F)(F)F)c2Br)c(C)c1. The molecule has 32 heavy (non-hydrogen) atoms. The molecule has 0 aromatic heterocycles. The van der Waals surface area contributed by atoms with E-state index in [-0.39, 0.29) is 20.1 Å². The summed E-state index contributed by atoms with van der Waals surface area (Å²) in [6.45, 7) is 5.51. The molecule has 8 heteroatoms. The fourth-order valence-corrected chi connectivity index (χ4v) is 5.54. The van der Waals surface area contributed by atoms with Crippen molar-refractivity contribution in [3.63, 3.8) is 0 Å². The van der Waals surface area contributed by atoms with Crippen LogP contribution in [0.2, 0.25) is 0 Å². The van der Waals surface area contributed by atoms with Crippen molar-refractivity contribution in [2.24, 2.45) is 0 Å². The Balaban J connectivity index is 2.42. The maximum atomic E-state index is 13.6. The zero-order valence-corrected chi connectivity index (χ0v) is 20.4. The van der Waals surface area contributed by atoms with Gasteiger partial charge < -0.3 is 0 Å². The van der Waals surface area contributed by atoms with Gasteiger partial charge in [0.2, 0.25) is 0 Å². The van der Waals surface area contributed by atoms with Gasteiger partial charge in [0.05, 0.1) is 11.1 Å². The van der Waals surface area contributed by atoms with Crippen LogP contribution in [0.1, 0.15) is 50.4 Å². The van der Waals surface area contributed by atoms with Crippen molar-refractivity contribution in [1.82, 2.24) is 0 Å². The molecule has 0 bridgehead atoms.